The predicted molar refractivity (Wildman–Crippen MR) is 100 cm³/mol. The Morgan fingerprint density at radius 1 is 1.08 bits per heavy atom. The molecular formula is C19H18N2O3S. The Morgan fingerprint density at radius 2 is 1.84 bits per heavy atom. The zero-order chi connectivity index (χ0) is 18.0. The van der Waals surface area contributed by atoms with E-state index in [0.717, 1.165) is 10.8 Å². The van der Waals surface area contributed by atoms with Gasteiger partial charge in [0.25, 0.3) is 0 Å². The van der Waals surface area contributed by atoms with Gasteiger partial charge in [-0.1, -0.05) is 36.4 Å². The minimum atomic E-state index is -3.55. The first kappa shape index (κ1) is 17.1. The van der Waals surface area contributed by atoms with Crippen molar-refractivity contribution in [2.75, 3.05) is 7.05 Å². The van der Waals surface area contributed by atoms with Crippen molar-refractivity contribution in [3.63, 3.8) is 0 Å². The van der Waals surface area contributed by atoms with E-state index in [2.05, 4.69) is 9.71 Å². The van der Waals surface area contributed by atoms with Crippen molar-refractivity contribution < 1.29 is 13.5 Å². The highest BCUT2D eigenvalue weighted by atomic mass is 32.2. The molecule has 0 amide bonds. The average molecular weight is 354 g/mol. The van der Waals surface area contributed by atoms with Gasteiger partial charge in [0.05, 0.1) is 10.6 Å². The lowest BCUT2D eigenvalue weighted by Crippen LogP contribution is -2.19. The summed E-state index contributed by atoms with van der Waals surface area (Å²) in [6.07, 6.45) is 1.55. The van der Waals surface area contributed by atoms with Gasteiger partial charge < -0.3 is 5.11 Å². The fraction of sp³-hybridized carbons (Fsp3) is 0.105. The van der Waals surface area contributed by atoms with Crippen LogP contribution in [0.5, 0.6) is 5.75 Å². The molecule has 5 nitrogen and oxygen atoms in total. The third kappa shape index (κ3) is 3.40. The van der Waals surface area contributed by atoms with Crippen molar-refractivity contribution in [1.82, 2.24) is 4.72 Å². The highest BCUT2D eigenvalue weighted by Crippen LogP contribution is 2.27. The van der Waals surface area contributed by atoms with Crippen molar-refractivity contribution in [2.45, 2.75) is 11.8 Å². The summed E-state index contributed by atoms with van der Waals surface area (Å²) in [5.74, 6) is 0.123. The fourth-order valence-electron chi connectivity index (χ4n) is 2.63. The van der Waals surface area contributed by atoms with Crippen LogP contribution in [0.15, 0.2) is 64.5 Å². The number of aliphatic imine (C=N–C) groups is 1. The fourth-order valence-corrected chi connectivity index (χ4v) is 3.62. The second-order valence-electron chi connectivity index (χ2n) is 5.64. The quantitative estimate of drug-likeness (QED) is 0.704. The molecule has 3 rings (SSSR count). The van der Waals surface area contributed by atoms with Gasteiger partial charge in [-0.25, -0.2) is 13.1 Å². The number of phenols is 1. The van der Waals surface area contributed by atoms with Crippen LogP contribution in [0.4, 0.5) is 5.69 Å². The number of sulfonamides is 1. The van der Waals surface area contributed by atoms with Crippen LogP contribution in [-0.4, -0.2) is 26.8 Å². The Bertz CT molecular complexity index is 1070. The lowest BCUT2D eigenvalue weighted by Gasteiger charge is -2.07. The number of phenolic OH excluding ortho intramolecular Hbond substituents is 1. The Hall–Kier alpha value is -2.70. The smallest absolute Gasteiger partial charge is 0.240 e. The highest BCUT2D eigenvalue weighted by molar-refractivity contribution is 7.89. The van der Waals surface area contributed by atoms with Gasteiger partial charge in [0.2, 0.25) is 10.0 Å². The largest absolute Gasteiger partial charge is 0.507 e. The summed E-state index contributed by atoms with van der Waals surface area (Å²) in [5, 5.41) is 12.0. The number of rotatable bonds is 4. The van der Waals surface area contributed by atoms with Crippen LogP contribution in [0.25, 0.3) is 10.8 Å². The summed E-state index contributed by atoms with van der Waals surface area (Å²) in [6, 6.07) is 16.1. The summed E-state index contributed by atoms with van der Waals surface area (Å²) in [6.45, 7) is 1.73. The van der Waals surface area contributed by atoms with Crippen LogP contribution in [0.2, 0.25) is 0 Å². The number of fused-ring (bicyclic) bond motifs is 1. The maximum absolute atomic E-state index is 12.1. The van der Waals surface area contributed by atoms with E-state index < -0.39 is 10.0 Å². The number of nitrogens with one attached hydrogen (secondary N) is 1. The van der Waals surface area contributed by atoms with E-state index in [0.29, 0.717) is 16.8 Å². The molecule has 128 valence electrons. The van der Waals surface area contributed by atoms with Gasteiger partial charge in [0.1, 0.15) is 5.75 Å². The standard InChI is InChI=1S/C19H18N2O3S/c1-13-7-9-15(11-19(13)25(23,24)20-2)21-12-17-16-6-4-3-5-14(16)8-10-18(17)22/h3-12,20,22H,1-2H3. The molecule has 3 aromatic rings. The predicted octanol–water partition coefficient (Wildman–Crippen LogP) is 3.51. The molecular weight excluding hydrogens is 336 g/mol. The first-order valence-electron chi connectivity index (χ1n) is 7.71. The van der Waals surface area contributed by atoms with E-state index in [9.17, 15) is 13.5 Å². The van der Waals surface area contributed by atoms with Crippen LogP contribution in [0.3, 0.4) is 0 Å². The Labute approximate surface area is 146 Å². The molecule has 0 aliphatic carbocycles. The number of hydrogen-bond donors (Lipinski definition) is 2. The summed E-state index contributed by atoms with van der Waals surface area (Å²) in [5.41, 5.74) is 1.73. The maximum Gasteiger partial charge on any atom is 0.240 e. The molecule has 0 aliphatic rings. The van der Waals surface area contributed by atoms with Crippen molar-refractivity contribution >= 4 is 32.7 Å². The van der Waals surface area contributed by atoms with Gasteiger partial charge in [-0.2, -0.15) is 0 Å². The first-order chi connectivity index (χ1) is 11.9. The van der Waals surface area contributed by atoms with Crippen LogP contribution in [0.1, 0.15) is 11.1 Å². The molecule has 3 aromatic carbocycles. The minimum Gasteiger partial charge on any atom is -0.507 e. The molecule has 0 radical (unpaired) electrons. The van der Waals surface area contributed by atoms with Crippen LogP contribution >= 0.6 is 0 Å². The summed E-state index contributed by atoms with van der Waals surface area (Å²) >= 11 is 0. The molecule has 0 bridgehead atoms. The number of nitrogens with zero attached hydrogens (tertiary/aromatic N) is 1. The van der Waals surface area contributed by atoms with Crippen LogP contribution in [-0.2, 0) is 10.0 Å². The molecule has 2 N–H and O–H groups in total. The van der Waals surface area contributed by atoms with Crippen LogP contribution in [0, 0.1) is 6.92 Å². The lowest BCUT2D eigenvalue weighted by molar-refractivity contribution is 0.475. The van der Waals surface area contributed by atoms with Gasteiger partial charge in [0.15, 0.2) is 0 Å². The Morgan fingerprint density at radius 3 is 2.60 bits per heavy atom. The first-order valence-corrected chi connectivity index (χ1v) is 9.19. The molecule has 0 heterocycles. The van der Waals surface area contributed by atoms with E-state index in [1.807, 2.05) is 30.3 Å². The monoisotopic (exact) mass is 354 g/mol. The average Bonchev–Trinajstić information content (AvgIpc) is 2.62. The molecule has 25 heavy (non-hydrogen) atoms. The van der Waals surface area contributed by atoms with Gasteiger partial charge in [-0.15, -0.1) is 0 Å². The maximum atomic E-state index is 12.1. The molecule has 6 heteroatoms. The second-order valence-corrected chi connectivity index (χ2v) is 7.49. The normalized spacial score (nSPS) is 12.1. The highest BCUT2D eigenvalue weighted by Gasteiger charge is 2.14. The van der Waals surface area contributed by atoms with E-state index in [1.165, 1.54) is 13.1 Å². The minimum absolute atomic E-state index is 0.123. The third-order valence-electron chi connectivity index (χ3n) is 4.02. The summed E-state index contributed by atoms with van der Waals surface area (Å²) in [7, 11) is -2.18. The molecule has 0 atom stereocenters. The molecule has 0 fully saturated rings. The zero-order valence-corrected chi connectivity index (χ0v) is 14.7. The summed E-state index contributed by atoms with van der Waals surface area (Å²) < 4.78 is 26.5. The molecule has 0 aliphatic heterocycles. The molecule has 0 aromatic heterocycles. The number of benzene rings is 3. The molecule has 0 saturated heterocycles. The van der Waals surface area contributed by atoms with E-state index in [-0.39, 0.29) is 10.6 Å². The lowest BCUT2D eigenvalue weighted by atomic mass is 10.0. The van der Waals surface area contributed by atoms with Crippen molar-refractivity contribution in [1.29, 1.82) is 0 Å². The number of hydrogen-bond acceptors (Lipinski definition) is 4. The topological polar surface area (TPSA) is 78.8 Å². The zero-order valence-electron chi connectivity index (χ0n) is 13.9. The van der Waals surface area contributed by atoms with Crippen molar-refractivity contribution in [2.24, 2.45) is 4.99 Å². The summed E-state index contributed by atoms with van der Waals surface area (Å²) in [4.78, 5) is 4.55. The van der Waals surface area contributed by atoms with Gasteiger partial charge in [-0.3, -0.25) is 4.99 Å². The molecule has 0 saturated carbocycles. The van der Waals surface area contributed by atoms with Crippen molar-refractivity contribution in [3.8, 4) is 5.75 Å². The van der Waals surface area contributed by atoms with Gasteiger partial charge >= 0.3 is 0 Å². The van der Waals surface area contributed by atoms with E-state index in [1.54, 1.807) is 31.3 Å². The van der Waals surface area contributed by atoms with Crippen molar-refractivity contribution in [3.05, 3.63) is 65.7 Å². The number of aromatic hydroxyl groups is 1. The van der Waals surface area contributed by atoms with E-state index >= 15 is 0 Å². The van der Waals surface area contributed by atoms with Gasteiger partial charge in [0, 0.05) is 11.8 Å². The molecule has 0 spiro atoms. The van der Waals surface area contributed by atoms with Crippen LogP contribution < -0.4 is 4.72 Å². The molecule has 0 unspecified atom stereocenters. The Balaban J connectivity index is 2.07. The SMILES string of the molecule is CNS(=O)(=O)c1cc(N=Cc2c(O)ccc3ccccc23)ccc1C. The van der Waals surface area contributed by atoms with Gasteiger partial charge in [-0.05, 0) is 48.5 Å². The second kappa shape index (κ2) is 6.66. The number of aryl methyl sites for hydroxylation is 1. The Kier molecular flexibility index (Phi) is 4.57. The third-order valence-corrected chi connectivity index (χ3v) is 5.58. The van der Waals surface area contributed by atoms with E-state index in [4.69, 9.17) is 0 Å².